The number of benzene rings is 1. The molecule has 1 aliphatic carbocycles. The smallest absolute Gasteiger partial charge is 0.241 e. The zero-order valence-corrected chi connectivity index (χ0v) is 14.8. The van der Waals surface area contributed by atoms with Crippen LogP contribution in [-0.4, -0.2) is 53.2 Å². The number of amides is 1. The first kappa shape index (κ1) is 17.2. The van der Waals surface area contributed by atoms with Crippen molar-refractivity contribution < 1.29 is 14.8 Å². The predicted octanol–water partition coefficient (Wildman–Crippen LogP) is 1.40. The van der Waals surface area contributed by atoms with E-state index in [1.54, 1.807) is 4.90 Å². The fourth-order valence-electron chi connectivity index (χ4n) is 4.81. The minimum Gasteiger partial charge on any atom is -0.411 e. The van der Waals surface area contributed by atoms with Crippen LogP contribution in [0.25, 0.3) is 0 Å². The van der Waals surface area contributed by atoms with Crippen molar-refractivity contribution in [2.75, 3.05) is 13.1 Å². The van der Waals surface area contributed by atoms with Gasteiger partial charge in [-0.2, -0.15) is 0 Å². The molecule has 6 heteroatoms. The van der Waals surface area contributed by atoms with Crippen LogP contribution in [0, 0.1) is 11.8 Å². The number of likely N-dealkylation sites (tertiary alicyclic amines) is 1. The van der Waals surface area contributed by atoms with Gasteiger partial charge in [0.1, 0.15) is 5.78 Å². The summed E-state index contributed by atoms with van der Waals surface area (Å²) >= 11 is 0. The molecule has 2 fully saturated rings. The standard InChI is InChI=1S/C20H25N3O3/c24-19(15-10-13-4-1-2-5-14(13)11-15)17-7-8-21-18(17)20(25)23-9-3-6-16(23)12-22-26/h1-2,4-5,12,15-18,21,26H,3,6-11H2/t16-,17?,18+/m0/s1. The SMILES string of the molecule is O=C(C1Cc2ccccc2C1)C1CCN[C@H]1C(=O)N1CCC[C@H]1C=NO. The Morgan fingerprint density at radius 1 is 1.19 bits per heavy atom. The number of nitrogens with one attached hydrogen (secondary N) is 1. The highest BCUT2D eigenvalue weighted by molar-refractivity contribution is 5.94. The molecule has 3 atom stereocenters. The maximum atomic E-state index is 13.2. The molecule has 1 amide bonds. The summed E-state index contributed by atoms with van der Waals surface area (Å²) < 4.78 is 0. The van der Waals surface area contributed by atoms with Crippen molar-refractivity contribution in [3.05, 3.63) is 35.4 Å². The summed E-state index contributed by atoms with van der Waals surface area (Å²) in [7, 11) is 0. The zero-order chi connectivity index (χ0) is 18.1. The molecule has 1 unspecified atom stereocenters. The van der Waals surface area contributed by atoms with Crippen molar-refractivity contribution in [3.8, 4) is 0 Å². The third-order valence-electron chi connectivity index (χ3n) is 6.13. The largest absolute Gasteiger partial charge is 0.411 e. The zero-order valence-electron chi connectivity index (χ0n) is 14.8. The van der Waals surface area contributed by atoms with Gasteiger partial charge in [-0.05, 0) is 49.8 Å². The first-order valence-corrected chi connectivity index (χ1v) is 9.51. The lowest BCUT2D eigenvalue weighted by Crippen LogP contribution is -2.50. The molecule has 2 N–H and O–H groups in total. The van der Waals surface area contributed by atoms with E-state index in [1.165, 1.54) is 17.3 Å². The predicted molar refractivity (Wildman–Crippen MR) is 97.3 cm³/mol. The van der Waals surface area contributed by atoms with Gasteiger partial charge in [0, 0.05) is 18.4 Å². The molecule has 26 heavy (non-hydrogen) atoms. The molecular weight excluding hydrogens is 330 g/mol. The summed E-state index contributed by atoms with van der Waals surface area (Å²) in [5.41, 5.74) is 2.52. The Morgan fingerprint density at radius 2 is 1.92 bits per heavy atom. The number of ketones is 1. The molecule has 2 aliphatic heterocycles. The van der Waals surface area contributed by atoms with Gasteiger partial charge in [-0.3, -0.25) is 9.59 Å². The average Bonchev–Trinajstić information content (AvgIpc) is 3.39. The van der Waals surface area contributed by atoms with E-state index in [0.717, 1.165) is 25.7 Å². The quantitative estimate of drug-likeness (QED) is 0.486. The van der Waals surface area contributed by atoms with E-state index in [4.69, 9.17) is 5.21 Å². The second-order valence-electron chi connectivity index (χ2n) is 7.61. The van der Waals surface area contributed by atoms with Gasteiger partial charge in [-0.1, -0.05) is 29.4 Å². The Labute approximate surface area is 153 Å². The van der Waals surface area contributed by atoms with E-state index >= 15 is 0 Å². The minimum absolute atomic E-state index is 0.0130. The normalized spacial score (nSPS) is 28.8. The van der Waals surface area contributed by atoms with E-state index in [9.17, 15) is 9.59 Å². The molecule has 2 saturated heterocycles. The van der Waals surface area contributed by atoms with Crippen LogP contribution in [0.2, 0.25) is 0 Å². The molecule has 0 bridgehead atoms. The Kier molecular flexibility index (Phi) is 4.76. The first-order valence-electron chi connectivity index (χ1n) is 9.51. The van der Waals surface area contributed by atoms with Crippen LogP contribution >= 0.6 is 0 Å². The van der Waals surface area contributed by atoms with Crippen LogP contribution in [0.1, 0.15) is 30.4 Å². The van der Waals surface area contributed by atoms with Crippen LogP contribution in [0.5, 0.6) is 0 Å². The third kappa shape index (κ3) is 3.03. The minimum atomic E-state index is -0.445. The third-order valence-corrected chi connectivity index (χ3v) is 6.13. The molecule has 0 aromatic heterocycles. The van der Waals surface area contributed by atoms with E-state index < -0.39 is 6.04 Å². The first-order chi connectivity index (χ1) is 12.7. The molecule has 0 radical (unpaired) electrons. The maximum Gasteiger partial charge on any atom is 0.241 e. The van der Waals surface area contributed by atoms with Gasteiger partial charge >= 0.3 is 0 Å². The Morgan fingerprint density at radius 3 is 2.62 bits per heavy atom. The topological polar surface area (TPSA) is 82.0 Å². The summed E-state index contributed by atoms with van der Waals surface area (Å²) in [4.78, 5) is 28.0. The van der Waals surface area contributed by atoms with E-state index in [-0.39, 0.29) is 29.6 Å². The molecule has 0 spiro atoms. The summed E-state index contributed by atoms with van der Waals surface area (Å²) in [6, 6.07) is 7.62. The van der Waals surface area contributed by atoms with Gasteiger partial charge in [0.25, 0.3) is 0 Å². The molecule has 138 valence electrons. The highest BCUT2D eigenvalue weighted by Gasteiger charge is 2.44. The number of hydrogen-bond donors (Lipinski definition) is 2. The number of oxime groups is 1. The van der Waals surface area contributed by atoms with Crippen molar-refractivity contribution in [1.29, 1.82) is 0 Å². The highest BCUT2D eigenvalue weighted by atomic mass is 16.4. The molecule has 4 rings (SSSR count). The number of rotatable bonds is 4. The monoisotopic (exact) mass is 355 g/mol. The molecule has 3 aliphatic rings. The summed E-state index contributed by atoms with van der Waals surface area (Å²) in [5, 5.41) is 15.2. The number of Topliss-reactive ketones (excluding diaryl/α,β-unsaturated/α-hetero) is 1. The lowest BCUT2D eigenvalue weighted by atomic mass is 9.85. The fraction of sp³-hybridized carbons (Fsp3) is 0.550. The van der Waals surface area contributed by atoms with Crippen molar-refractivity contribution in [2.45, 2.75) is 44.2 Å². The maximum absolute atomic E-state index is 13.2. The second kappa shape index (κ2) is 7.19. The average molecular weight is 355 g/mol. The van der Waals surface area contributed by atoms with Crippen molar-refractivity contribution in [2.24, 2.45) is 17.0 Å². The van der Waals surface area contributed by atoms with Gasteiger partial charge in [0.2, 0.25) is 5.91 Å². The second-order valence-corrected chi connectivity index (χ2v) is 7.61. The fourth-order valence-corrected chi connectivity index (χ4v) is 4.81. The van der Waals surface area contributed by atoms with Crippen LogP contribution in [-0.2, 0) is 22.4 Å². The lowest BCUT2D eigenvalue weighted by Gasteiger charge is -2.28. The van der Waals surface area contributed by atoms with Crippen molar-refractivity contribution in [3.63, 3.8) is 0 Å². The molecule has 1 aromatic rings. The van der Waals surface area contributed by atoms with Gasteiger partial charge in [0.15, 0.2) is 0 Å². The number of hydrogen-bond acceptors (Lipinski definition) is 5. The molecule has 0 saturated carbocycles. The van der Waals surface area contributed by atoms with Gasteiger partial charge in [-0.25, -0.2) is 0 Å². The number of fused-ring (bicyclic) bond motifs is 1. The van der Waals surface area contributed by atoms with Gasteiger partial charge in [-0.15, -0.1) is 0 Å². The highest BCUT2D eigenvalue weighted by Crippen LogP contribution is 2.32. The van der Waals surface area contributed by atoms with E-state index in [0.29, 0.717) is 19.5 Å². The van der Waals surface area contributed by atoms with Crippen LogP contribution in [0.4, 0.5) is 0 Å². The Hall–Kier alpha value is -2.21. The molecule has 2 heterocycles. The van der Waals surface area contributed by atoms with Crippen LogP contribution in [0.3, 0.4) is 0 Å². The summed E-state index contributed by atoms with van der Waals surface area (Å²) in [6.45, 7) is 1.35. The van der Waals surface area contributed by atoms with Gasteiger partial charge in [0.05, 0.1) is 18.3 Å². The number of carbonyl (C=O) groups is 2. The number of nitrogens with zero attached hydrogens (tertiary/aromatic N) is 2. The summed E-state index contributed by atoms with van der Waals surface area (Å²) in [5.74, 6) is -0.0787. The van der Waals surface area contributed by atoms with E-state index in [2.05, 4.69) is 22.6 Å². The Bertz CT molecular complexity index is 708. The number of carbonyl (C=O) groups excluding carboxylic acids is 2. The van der Waals surface area contributed by atoms with Crippen molar-refractivity contribution >= 4 is 17.9 Å². The van der Waals surface area contributed by atoms with E-state index in [1.807, 2.05) is 12.1 Å². The molecule has 1 aromatic carbocycles. The lowest BCUT2D eigenvalue weighted by molar-refractivity contribution is -0.138. The Balaban J connectivity index is 1.47. The molecular formula is C20H25N3O3. The summed E-state index contributed by atoms with van der Waals surface area (Å²) in [6.07, 6.45) is 5.41. The van der Waals surface area contributed by atoms with Crippen molar-refractivity contribution in [1.82, 2.24) is 10.2 Å². The van der Waals surface area contributed by atoms with Crippen LogP contribution in [0.15, 0.2) is 29.4 Å². The van der Waals surface area contributed by atoms with Crippen LogP contribution < -0.4 is 5.32 Å². The molecule has 6 nitrogen and oxygen atoms in total. The van der Waals surface area contributed by atoms with Gasteiger partial charge < -0.3 is 15.4 Å².